The molecule has 0 radical (unpaired) electrons. The first kappa shape index (κ1) is 16.2. The van der Waals surface area contributed by atoms with Crippen molar-refractivity contribution in [2.24, 2.45) is 11.8 Å². The molecule has 19 heavy (non-hydrogen) atoms. The Labute approximate surface area is 118 Å². The second kappa shape index (κ2) is 7.66. The van der Waals surface area contributed by atoms with Gasteiger partial charge in [-0.3, -0.25) is 0 Å². The molecule has 108 valence electrons. The number of aliphatic hydroxyl groups is 1. The van der Waals surface area contributed by atoms with Crippen LogP contribution in [0.1, 0.15) is 36.1 Å². The number of hydrogen-bond donors (Lipinski definition) is 2. The summed E-state index contributed by atoms with van der Waals surface area (Å²) in [5, 5.41) is 12.8. The van der Waals surface area contributed by atoms with Gasteiger partial charge in [0.25, 0.3) is 0 Å². The van der Waals surface area contributed by atoms with E-state index in [9.17, 15) is 5.11 Å². The lowest BCUT2D eigenvalue weighted by atomic mass is 9.96. The molecule has 1 unspecified atom stereocenters. The van der Waals surface area contributed by atoms with Gasteiger partial charge in [0.2, 0.25) is 0 Å². The third-order valence-electron chi connectivity index (χ3n) is 4.11. The van der Waals surface area contributed by atoms with Gasteiger partial charge in [0.05, 0.1) is 0 Å². The van der Waals surface area contributed by atoms with Crippen molar-refractivity contribution < 1.29 is 5.11 Å². The van der Waals surface area contributed by atoms with E-state index < -0.39 is 0 Å². The molecule has 0 spiro atoms. The smallest absolute Gasteiger partial charge is 0.0473 e. The molecule has 2 nitrogen and oxygen atoms in total. The van der Waals surface area contributed by atoms with Gasteiger partial charge >= 0.3 is 0 Å². The van der Waals surface area contributed by atoms with E-state index >= 15 is 0 Å². The van der Waals surface area contributed by atoms with Crippen molar-refractivity contribution in [3.63, 3.8) is 0 Å². The largest absolute Gasteiger partial charge is 0.396 e. The van der Waals surface area contributed by atoms with Crippen LogP contribution in [0, 0.1) is 32.6 Å². The van der Waals surface area contributed by atoms with Gasteiger partial charge in [0, 0.05) is 13.2 Å². The molecule has 2 heteroatoms. The van der Waals surface area contributed by atoms with Gasteiger partial charge in [-0.2, -0.15) is 0 Å². The van der Waals surface area contributed by atoms with Crippen LogP contribution in [-0.4, -0.2) is 24.8 Å². The highest BCUT2D eigenvalue weighted by atomic mass is 16.3. The molecule has 0 aliphatic rings. The molecule has 0 amide bonds. The lowest BCUT2D eigenvalue weighted by Crippen LogP contribution is -2.30. The molecule has 1 rings (SSSR count). The Morgan fingerprint density at radius 2 is 1.68 bits per heavy atom. The van der Waals surface area contributed by atoms with Crippen LogP contribution in [0.3, 0.4) is 0 Å². The fourth-order valence-corrected chi connectivity index (χ4v) is 2.31. The molecule has 1 aromatic rings. The van der Waals surface area contributed by atoms with Crippen LogP contribution in [0.4, 0.5) is 0 Å². The lowest BCUT2D eigenvalue weighted by Gasteiger charge is -2.19. The van der Waals surface area contributed by atoms with E-state index in [0.29, 0.717) is 11.8 Å². The summed E-state index contributed by atoms with van der Waals surface area (Å²) in [4.78, 5) is 0. The average Bonchev–Trinajstić information content (AvgIpc) is 2.34. The molecular weight excluding hydrogens is 234 g/mol. The number of nitrogens with one attached hydrogen (secondary N) is 1. The standard InChI is InChI=1S/C17H29NO/c1-12(2)17(11-19)10-18-7-6-16-9-14(4)13(3)8-15(16)5/h8-9,12,17-19H,6-7,10-11H2,1-5H3. The Bertz CT molecular complexity index is 398. The first-order chi connectivity index (χ1) is 8.95. The van der Waals surface area contributed by atoms with Crippen molar-refractivity contribution in [2.45, 2.75) is 41.0 Å². The van der Waals surface area contributed by atoms with Crippen molar-refractivity contribution in [3.05, 3.63) is 34.4 Å². The van der Waals surface area contributed by atoms with Gasteiger partial charge in [-0.25, -0.2) is 0 Å². The number of hydrogen-bond acceptors (Lipinski definition) is 2. The summed E-state index contributed by atoms with van der Waals surface area (Å²) in [5.74, 6) is 0.890. The SMILES string of the molecule is Cc1cc(C)c(CCNCC(CO)C(C)C)cc1C. The highest BCUT2D eigenvalue weighted by Gasteiger charge is 2.11. The number of rotatable bonds is 7. The number of aliphatic hydroxyl groups excluding tert-OH is 1. The Hall–Kier alpha value is -0.860. The zero-order chi connectivity index (χ0) is 14.4. The van der Waals surface area contributed by atoms with Gasteiger partial charge < -0.3 is 10.4 Å². The maximum atomic E-state index is 9.28. The minimum atomic E-state index is 0.271. The van der Waals surface area contributed by atoms with Gasteiger partial charge in [0.1, 0.15) is 0 Å². The second-order valence-corrected chi connectivity index (χ2v) is 6.00. The monoisotopic (exact) mass is 263 g/mol. The summed E-state index contributed by atoms with van der Waals surface area (Å²) in [6.07, 6.45) is 1.06. The second-order valence-electron chi connectivity index (χ2n) is 6.00. The van der Waals surface area contributed by atoms with Crippen LogP contribution in [0.15, 0.2) is 12.1 Å². The van der Waals surface area contributed by atoms with Crippen molar-refractivity contribution in [2.75, 3.05) is 19.7 Å². The third kappa shape index (κ3) is 4.96. The van der Waals surface area contributed by atoms with E-state index in [1.54, 1.807) is 0 Å². The van der Waals surface area contributed by atoms with Gasteiger partial charge in [-0.05, 0) is 67.8 Å². The highest BCUT2D eigenvalue weighted by molar-refractivity contribution is 5.36. The van der Waals surface area contributed by atoms with E-state index in [0.717, 1.165) is 19.5 Å². The highest BCUT2D eigenvalue weighted by Crippen LogP contribution is 2.15. The maximum absolute atomic E-state index is 9.28. The van der Waals surface area contributed by atoms with Crippen LogP contribution in [0.5, 0.6) is 0 Å². The van der Waals surface area contributed by atoms with Crippen LogP contribution in [0.25, 0.3) is 0 Å². The first-order valence-corrected chi connectivity index (χ1v) is 7.34. The minimum absolute atomic E-state index is 0.271. The number of benzene rings is 1. The van der Waals surface area contributed by atoms with E-state index in [-0.39, 0.29) is 6.61 Å². The molecular formula is C17H29NO. The summed E-state index contributed by atoms with van der Waals surface area (Å²) in [6, 6.07) is 4.58. The molecule has 0 saturated carbocycles. The topological polar surface area (TPSA) is 32.3 Å². The quantitative estimate of drug-likeness (QED) is 0.741. The van der Waals surface area contributed by atoms with E-state index in [2.05, 4.69) is 52.1 Å². The van der Waals surface area contributed by atoms with E-state index in [4.69, 9.17) is 0 Å². The molecule has 0 saturated heterocycles. The zero-order valence-electron chi connectivity index (χ0n) is 13.1. The Balaban J connectivity index is 2.43. The zero-order valence-corrected chi connectivity index (χ0v) is 13.1. The van der Waals surface area contributed by atoms with Crippen molar-refractivity contribution >= 4 is 0 Å². The summed E-state index contributed by atoms with van der Waals surface area (Å²) < 4.78 is 0. The van der Waals surface area contributed by atoms with Gasteiger partial charge in [-0.1, -0.05) is 26.0 Å². The third-order valence-corrected chi connectivity index (χ3v) is 4.11. The molecule has 0 heterocycles. The first-order valence-electron chi connectivity index (χ1n) is 7.34. The van der Waals surface area contributed by atoms with Gasteiger partial charge in [0.15, 0.2) is 0 Å². The molecule has 0 fully saturated rings. The summed E-state index contributed by atoms with van der Waals surface area (Å²) in [5.41, 5.74) is 5.55. The molecule has 2 N–H and O–H groups in total. The van der Waals surface area contributed by atoms with Gasteiger partial charge in [-0.15, -0.1) is 0 Å². The Morgan fingerprint density at radius 1 is 1.05 bits per heavy atom. The Morgan fingerprint density at radius 3 is 2.26 bits per heavy atom. The van der Waals surface area contributed by atoms with Crippen LogP contribution < -0.4 is 5.32 Å². The van der Waals surface area contributed by atoms with Crippen molar-refractivity contribution in [3.8, 4) is 0 Å². The molecule has 1 aromatic carbocycles. The van der Waals surface area contributed by atoms with E-state index in [1.807, 2.05) is 0 Å². The molecule has 1 atom stereocenters. The summed E-state index contributed by atoms with van der Waals surface area (Å²) in [6.45, 7) is 13.0. The maximum Gasteiger partial charge on any atom is 0.0473 e. The molecule has 0 bridgehead atoms. The minimum Gasteiger partial charge on any atom is -0.396 e. The van der Waals surface area contributed by atoms with Crippen molar-refractivity contribution in [1.82, 2.24) is 5.32 Å². The Kier molecular flexibility index (Phi) is 6.53. The fraction of sp³-hybridized carbons (Fsp3) is 0.647. The van der Waals surface area contributed by atoms with Crippen molar-refractivity contribution in [1.29, 1.82) is 0 Å². The number of aryl methyl sites for hydroxylation is 3. The normalized spacial score (nSPS) is 13.0. The van der Waals surface area contributed by atoms with Crippen LogP contribution in [-0.2, 0) is 6.42 Å². The molecule has 0 aliphatic heterocycles. The molecule has 0 aromatic heterocycles. The summed E-state index contributed by atoms with van der Waals surface area (Å²) >= 11 is 0. The van der Waals surface area contributed by atoms with E-state index in [1.165, 1.54) is 22.3 Å². The molecule has 0 aliphatic carbocycles. The predicted octanol–water partition coefficient (Wildman–Crippen LogP) is 3.01. The predicted molar refractivity (Wildman–Crippen MR) is 82.6 cm³/mol. The average molecular weight is 263 g/mol. The van der Waals surface area contributed by atoms with Crippen LogP contribution in [0.2, 0.25) is 0 Å². The lowest BCUT2D eigenvalue weighted by molar-refractivity contribution is 0.186. The van der Waals surface area contributed by atoms with Crippen LogP contribution >= 0.6 is 0 Å². The fourth-order valence-electron chi connectivity index (χ4n) is 2.31. The summed E-state index contributed by atoms with van der Waals surface area (Å²) in [7, 11) is 0.